The van der Waals surface area contributed by atoms with E-state index in [1.54, 1.807) is 0 Å². The second-order valence-electron chi connectivity index (χ2n) is 7.73. The van der Waals surface area contributed by atoms with Gasteiger partial charge in [0.05, 0.1) is 6.20 Å². The highest BCUT2D eigenvalue weighted by molar-refractivity contribution is 7.99. The zero-order valence-electron chi connectivity index (χ0n) is 18.4. The van der Waals surface area contributed by atoms with Crippen molar-refractivity contribution in [3.63, 3.8) is 0 Å². The van der Waals surface area contributed by atoms with Gasteiger partial charge in [-0.05, 0) is 61.4 Å². The van der Waals surface area contributed by atoms with Gasteiger partial charge in [-0.25, -0.2) is 0 Å². The second kappa shape index (κ2) is 9.65. The predicted molar refractivity (Wildman–Crippen MR) is 138 cm³/mol. The molecule has 2 nitrogen and oxygen atoms in total. The van der Waals surface area contributed by atoms with E-state index in [1.165, 1.54) is 0 Å². The van der Waals surface area contributed by atoms with Crippen LogP contribution in [-0.4, -0.2) is 0 Å². The van der Waals surface area contributed by atoms with Gasteiger partial charge in [0.25, 0.3) is 0 Å². The molecule has 0 aliphatic carbocycles. The third kappa shape index (κ3) is 3.96. The number of para-hydroxylation sites is 1. The Labute approximate surface area is 191 Å². The molecule has 4 rings (SSSR count). The van der Waals surface area contributed by atoms with Crippen molar-refractivity contribution >= 4 is 28.9 Å². The minimum Gasteiger partial charge on any atom is -0.357 e. The molecular formula is C29H26N2P+. The second-order valence-corrected chi connectivity index (χ2v) is 11.1. The van der Waals surface area contributed by atoms with E-state index >= 15 is 0 Å². The van der Waals surface area contributed by atoms with Crippen LogP contribution in [0.4, 0.5) is 5.69 Å². The minimum absolute atomic E-state index is 0.740. The van der Waals surface area contributed by atoms with Crippen LogP contribution < -0.4 is 21.2 Å². The van der Waals surface area contributed by atoms with Crippen molar-refractivity contribution in [2.75, 3.05) is 5.32 Å². The fraction of sp³-hybridized carbons (Fsp3) is 0.0690. The normalized spacial score (nSPS) is 11.6. The molecule has 4 aromatic rings. The van der Waals surface area contributed by atoms with E-state index < -0.39 is 7.26 Å². The Morgan fingerprint density at radius 3 is 1.44 bits per heavy atom. The number of hydrogen-bond acceptors (Lipinski definition) is 2. The maximum Gasteiger partial charge on any atom is 0.201 e. The van der Waals surface area contributed by atoms with Crippen molar-refractivity contribution in [3.8, 4) is 6.07 Å². The molecule has 0 heterocycles. The van der Waals surface area contributed by atoms with Gasteiger partial charge in [0.15, 0.2) is 7.26 Å². The number of hydrogen-bond donors (Lipinski definition) is 1. The molecule has 0 fully saturated rings. The summed E-state index contributed by atoms with van der Waals surface area (Å²) in [6.45, 7) is 4.17. The molecule has 4 aromatic carbocycles. The van der Waals surface area contributed by atoms with Crippen LogP contribution in [0.1, 0.15) is 11.1 Å². The maximum atomic E-state index is 10.5. The fourth-order valence-electron chi connectivity index (χ4n) is 4.21. The van der Waals surface area contributed by atoms with Crippen molar-refractivity contribution in [3.05, 3.63) is 132 Å². The van der Waals surface area contributed by atoms with Gasteiger partial charge in [0, 0.05) is 5.69 Å². The molecule has 1 N–H and O–H groups in total. The van der Waals surface area contributed by atoms with E-state index in [-0.39, 0.29) is 0 Å². The Morgan fingerprint density at radius 2 is 1.06 bits per heavy atom. The Kier molecular flexibility index (Phi) is 6.50. The fourth-order valence-corrected chi connectivity index (χ4v) is 8.20. The summed E-state index contributed by atoms with van der Waals surface area (Å²) < 4.78 is 0. The van der Waals surface area contributed by atoms with Crippen molar-refractivity contribution in [2.45, 2.75) is 13.8 Å². The molecule has 0 aliphatic heterocycles. The largest absolute Gasteiger partial charge is 0.357 e. The van der Waals surface area contributed by atoms with Gasteiger partial charge in [-0.1, -0.05) is 72.8 Å². The molecule has 3 heteroatoms. The lowest BCUT2D eigenvalue weighted by Crippen LogP contribution is -2.32. The summed E-state index contributed by atoms with van der Waals surface area (Å²) in [7, 11) is -2.39. The lowest BCUT2D eigenvalue weighted by atomic mass is 10.1. The van der Waals surface area contributed by atoms with E-state index in [0.29, 0.717) is 0 Å². The first-order valence-electron chi connectivity index (χ1n) is 10.7. The van der Waals surface area contributed by atoms with Crippen LogP contribution in [0.2, 0.25) is 0 Å². The third-order valence-corrected chi connectivity index (χ3v) is 9.91. The molecule has 0 atom stereocenters. The molecule has 0 radical (unpaired) electrons. The van der Waals surface area contributed by atoms with Gasteiger partial charge in [-0.3, -0.25) is 0 Å². The lowest BCUT2D eigenvalue weighted by Gasteiger charge is -2.26. The Balaban J connectivity index is 2.01. The number of nitrogens with zero attached hydrogens (tertiary/aromatic N) is 1. The number of allylic oxidation sites excluding steroid dienone is 1. The molecular weight excluding hydrogens is 407 g/mol. The summed E-state index contributed by atoms with van der Waals surface area (Å²) in [6.07, 6.45) is 1.93. The molecule has 0 bridgehead atoms. The van der Waals surface area contributed by atoms with Gasteiger partial charge in [0.2, 0.25) is 5.31 Å². The summed E-state index contributed by atoms with van der Waals surface area (Å²) in [5.74, 6) is 0. The average Bonchev–Trinajstić information content (AvgIpc) is 2.85. The van der Waals surface area contributed by atoms with Gasteiger partial charge in [-0.15, -0.1) is 0 Å². The predicted octanol–water partition coefficient (Wildman–Crippen LogP) is 6.07. The smallest absolute Gasteiger partial charge is 0.201 e. The Morgan fingerprint density at radius 1 is 0.656 bits per heavy atom. The number of benzene rings is 4. The van der Waals surface area contributed by atoms with Crippen LogP contribution in [-0.2, 0) is 0 Å². The molecule has 0 amide bonds. The van der Waals surface area contributed by atoms with Crippen LogP contribution in [0, 0.1) is 25.2 Å². The third-order valence-electron chi connectivity index (χ3n) is 5.74. The first-order chi connectivity index (χ1) is 15.7. The number of aryl methyl sites for hydroxylation is 2. The number of nitriles is 1. The molecule has 0 spiro atoms. The van der Waals surface area contributed by atoms with E-state index in [0.717, 1.165) is 38.0 Å². The van der Waals surface area contributed by atoms with E-state index in [2.05, 4.69) is 116 Å². The molecule has 0 saturated carbocycles. The first kappa shape index (κ1) is 21.6. The van der Waals surface area contributed by atoms with Crippen molar-refractivity contribution in [2.24, 2.45) is 0 Å². The SMILES string of the molecule is Cc1cccc(C)c1NC=C(C#N)[P+](c1ccccc1)(c1ccccc1)c1ccccc1. The highest BCUT2D eigenvalue weighted by atomic mass is 31.2. The van der Waals surface area contributed by atoms with Gasteiger partial charge >= 0.3 is 0 Å². The number of nitrogens with one attached hydrogen (secondary N) is 1. The highest BCUT2D eigenvalue weighted by Crippen LogP contribution is 2.62. The maximum absolute atomic E-state index is 10.5. The zero-order valence-corrected chi connectivity index (χ0v) is 19.3. The van der Waals surface area contributed by atoms with Crippen molar-refractivity contribution in [1.82, 2.24) is 0 Å². The van der Waals surface area contributed by atoms with Crippen LogP contribution >= 0.6 is 7.26 Å². The zero-order chi connectivity index (χ0) is 22.4. The van der Waals surface area contributed by atoms with Crippen molar-refractivity contribution < 1.29 is 0 Å². The molecule has 0 unspecified atom stereocenters. The molecule has 156 valence electrons. The average molecular weight is 434 g/mol. The number of anilines is 1. The molecule has 32 heavy (non-hydrogen) atoms. The summed E-state index contributed by atoms with van der Waals surface area (Å²) in [5.41, 5.74) is 3.36. The Bertz CT molecular complexity index is 1140. The molecule has 0 aliphatic rings. The summed E-state index contributed by atoms with van der Waals surface area (Å²) >= 11 is 0. The van der Waals surface area contributed by atoms with Gasteiger partial charge < -0.3 is 5.32 Å². The van der Waals surface area contributed by atoms with Gasteiger partial charge in [-0.2, -0.15) is 5.26 Å². The van der Waals surface area contributed by atoms with Crippen LogP contribution in [0.15, 0.2) is 121 Å². The standard InChI is InChI=1S/C29H26N2P/c1-23-13-12-14-24(2)29(23)31-22-28(21-30)32(25-15-6-3-7-16-25,26-17-8-4-9-18-26)27-19-10-5-11-20-27/h3-20,22,31H,1-2H3/q+1. The topological polar surface area (TPSA) is 35.8 Å². The van der Waals surface area contributed by atoms with E-state index in [9.17, 15) is 5.26 Å². The number of rotatable bonds is 6. The lowest BCUT2D eigenvalue weighted by molar-refractivity contribution is 1.36. The Hall–Kier alpha value is -3.66. The summed E-state index contributed by atoms with van der Waals surface area (Å²) in [4.78, 5) is 0. The monoisotopic (exact) mass is 433 g/mol. The highest BCUT2D eigenvalue weighted by Gasteiger charge is 2.50. The van der Waals surface area contributed by atoms with Crippen LogP contribution in [0.5, 0.6) is 0 Å². The van der Waals surface area contributed by atoms with E-state index in [1.807, 2.05) is 24.4 Å². The first-order valence-corrected chi connectivity index (χ1v) is 12.5. The molecule has 0 aromatic heterocycles. The van der Waals surface area contributed by atoms with Crippen LogP contribution in [0.3, 0.4) is 0 Å². The van der Waals surface area contributed by atoms with E-state index in [4.69, 9.17) is 0 Å². The van der Waals surface area contributed by atoms with Crippen molar-refractivity contribution in [1.29, 1.82) is 5.26 Å². The van der Waals surface area contributed by atoms with Crippen LogP contribution in [0.25, 0.3) is 0 Å². The van der Waals surface area contributed by atoms with Gasteiger partial charge in [0.1, 0.15) is 22.0 Å². The summed E-state index contributed by atoms with van der Waals surface area (Å²) in [5, 5.41) is 18.2. The minimum atomic E-state index is -2.39. The quantitative estimate of drug-likeness (QED) is 0.296. The molecule has 0 saturated heterocycles. The summed E-state index contributed by atoms with van der Waals surface area (Å²) in [6, 6.07) is 40.2.